The van der Waals surface area contributed by atoms with Gasteiger partial charge in [0.15, 0.2) is 0 Å². The quantitative estimate of drug-likeness (QED) is 0.433. The molecule has 3 heteroatoms. The van der Waals surface area contributed by atoms with Crippen molar-refractivity contribution in [1.29, 1.82) is 0 Å². The Bertz CT molecular complexity index is 1120. The largest absolute Gasteiger partial charge is 0.508 e. The minimum Gasteiger partial charge on any atom is -0.508 e. The van der Waals surface area contributed by atoms with Gasteiger partial charge >= 0.3 is 0 Å². The van der Waals surface area contributed by atoms with E-state index >= 15 is 0 Å². The number of rotatable bonds is 3. The highest BCUT2D eigenvalue weighted by atomic mass is 16.3. The third kappa shape index (κ3) is 2.95. The molecule has 0 amide bonds. The molecule has 2 N–H and O–H groups in total. The first-order valence-corrected chi connectivity index (χ1v) is 9.10. The molecule has 0 radical (unpaired) electrons. The number of aromatic hydroxyl groups is 2. The molecule has 3 aromatic carbocycles. The zero-order chi connectivity index (χ0) is 19.1. The normalized spacial score (nSPS) is 11.4. The zero-order valence-corrected chi connectivity index (χ0v) is 15.7. The molecule has 0 aliphatic rings. The van der Waals surface area contributed by atoms with Crippen LogP contribution in [0.25, 0.3) is 33.4 Å². The number of phenols is 2. The molecule has 1 heterocycles. The van der Waals surface area contributed by atoms with Crippen molar-refractivity contribution in [3.05, 3.63) is 71.8 Å². The highest BCUT2D eigenvalue weighted by Crippen LogP contribution is 2.45. The second-order valence-corrected chi connectivity index (χ2v) is 7.23. The molecule has 0 fully saturated rings. The van der Waals surface area contributed by atoms with E-state index in [4.69, 9.17) is 4.42 Å². The van der Waals surface area contributed by atoms with Crippen LogP contribution < -0.4 is 0 Å². The Morgan fingerprint density at radius 3 is 2.26 bits per heavy atom. The number of hydrogen-bond donors (Lipinski definition) is 2. The summed E-state index contributed by atoms with van der Waals surface area (Å²) in [5.41, 5.74) is 5.83. The van der Waals surface area contributed by atoms with E-state index in [-0.39, 0.29) is 11.5 Å². The second kappa shape index (κ2) is 6.51. The Kier molecular flexibility index (Phi) is 4.15. The molecule has 1 aromatic heterocycles. The van der Waals surface area contributed by atoms with Gasteiger partial charge in [-0.2, -0.15) is 0 Å². The summed E-state index contributed by atoms with van der Waals surface area (Å²) in [6.07, 6.45) is 0. The summed E-state index contributed by atoms with van der Waals surface area (Å²) in [5.74, 6) is 1.53. The summed E-state index contributed by atoms with van der Waals surface area (Å²) in [4.78, 5) is 0. The van der Waals surface area contributed by atoms with Gasteiger partial charge < -0.3 is 14.6 Å². The van der Waals surface area contributed by atoms with Gasteiger partial charge in [0, 0.05) is 16.5 Å². The molecule has 0 spiro atoms. The smallest absolute Gasteiger partial charge is 0.143 e. The molecule has 0 saturated carbocycles. The Labute approximate surface area is 158 Å². The average Bonchev–Trinajstić information content (AvgIpc) is 3.01. The monoisotopic (exact) mass is 358 g/mol. The van der Waals surface area contributed by atoms with Gasteiger partial charge in [0.25, 0.3) is 0 Å². The molecule has 27 heavy (non-hydrogen) atoms. The van der Waals surface area contributed by atoms with E-state index in [9.17, 15) is 10.2 Å². The minimum absolute atomic E-state index is 0.216. The fourth-order valence-corrected chi connectivity index (χ4v) is 3.66. The van der Waals surface area contributed by atoms with Gasteiger partial charge in [0.05, 0.1) is 0 Å². The average molecular weight is 358 g/mol. The zero-order valence-electron chi connectivity index (χ0n) is 15.7. The Balaban J connectivity index is 2.12. The molecule has 0 saturated heterocycles. The molecule has 0 bridgehead atoms. The Hall–Kier alpha value is -3.20. The van der Waals surface area contributed by atoms with E-state index in [0.717, 1.165) is 39.0 Å². The van der Waals surface area contributed by atoms with Crippen LogP contribution in [0.3, 0.4) is 0 Å². The molecular formula is C24H22O3. The third-order valence-corrected chi connectivity index (χ3v) is 4.94. The highest BCUT2D eigenvalue weighted by molar-refractivity contribution is 6.04. The van der Waals surface area contributed by atoms with Crippen molar-refractivity contribution in [2.75, 3.05) is 0 Å². The molecule has 0 unspecified atom stereocenters. The standard InChI is InChI=1S/C24H22O3/c1-14(2)19-6-4-5-7-20(19)22-21-13-18(26)12-15(3)23(21)27-24(22)16-8-10-17(25)11-9-16/h4-14,25-26H,1-3H3. The van der Waals surface area contributed by atoms with E-state index in [1.54, 1.807) is 24.3 Å². The van der Waals surface area contributed by atoms with Crippen LogP contribution in [-0.2, 0) is 0 Å². The lowest BCUT2D eigenvalue weighted by atomic mass is 9.89. The fraction of sp³-hybridized carbons (Fsp3) is 0.167. The van der Waals surface area contributed by atoms with Gasteiger partial charge in [0.2, 0.25) is 0 Å². The summed E-state index contributed by atoms with van der Waals surface area (Å²) < 4.78 is 6.31. The lowest BCUT2D eigenvalue weighted by Crippen LogP contribution is -1.92. The SMILES string of the molecule is Cc1cc(O)cc2c(-c3ccccc3C(C)C)c(-c3ccc(O)cc3)oc12. The van der Waals surface area contributed by atoms with Gasteiger partial charge in [0.1, 0.15) is 22.8 Å². The Morgan fingerprint density at radius 2 is 1.56 bits per heavy atom. The number of aryl methyl sites for hydroxylation is 1. The van der Waals surface area contributed by atoms with Crippen molar-refractivity contribution >= 4 is 11.0 Å². The van der Waals surface area contributed by atoms with Crippen molar-refractivity contribution in [1.82, 2.24) is 0 Å². The number of phenolic OH excluding ortho intramolecular Hbond substituents is 2. The molecule has 4 aromatic rings. The van der Waals surface area contributed by atoms with Crippen molar-refractivity contribution < 1.29 is 14.6 Å². The van der Waals surface area contributed by atoms with Crippen molar-refractivity contribution in [2.24, 2.45) is 0 Å². The maximum atomic E-state index is 10.2. The maximum absolute atomic E-state index is 10.2. The van der Waals surface area contributed by atoms with Gasteiger partial charge in [-0.1, -0.05) is 38.1 Å². The van der Waals surface area contributed by atoms with Gasteiger partial charge in [-0.3, -0.25) is 0 Å². The first-order valence-electron chi connectivity index (χ1n) is 9.10. The van der Waals surface area contributed by atoms with Crippen LogP contribution in [0.1, 0.15) is 30.9 Å². The summed E-state index contributed by atoms with van der Waals surface area (Å²) in [5, 5.41) is 20.8. The van der Waals surface area contributed by atoms with Crippen LogP contribution >= 0.6 is 0 Å². The van der Waals surface area contributed by atoms with E-state index in [0.29, 0.717) is 5.92 Å². The first kappa shape index (κ1) is 17.2. The lowest BCUT2D eigenvalue weighted by Gasteiger charge is -2.13. The summed E-state index contributed by atoms with van der Waals surface area (Å²) in [6.45, 7) is 6.28. The highest BCUT2D eigenvalue weighted by Gasteiger charge is 2.22. The van der Waals surface area contributed by atoms with Crippen LogP contribution in [0, 0.1) is 6.92 Å². The number of fused-ring (bicyclic) bond motifs is 1. The first-order chi connectivity index (χ1) is 13.0. The topological polar surface area (TPSA) is 53.6 Å². The predicted octanol–water partition coefficient (Wildman–Crippen LogP) is 6.61. The Morgan fingerprint density at radius 1 is 0.852 bits per heavy atom. The van der Waals surface area contributed by atoms with Crippen LogP contribution in [0.15, 0.2) is 65.1 Å². The molecule has 0 atom stereocenters. The van der Waals surface area contributed by atoms with E-state index in [2.05, 4.69) is 26.0 Å². The molecule has 0 aliphatic heterocycles. The second-order valence-electron chi connectivity index (χ2n) is 7.23. The molecule has 3 nitrogen and oxygen atoms in total. The van der Waals surface area contributed by atoms with E-state index in [1.807, 2.05) is 31.2 Å². The molecule has 0 aliphatic carbocycles. The number of benzene rings is 3. The van der Waals surface area contributed by atoms with Gasteiger partial charge in [-0.25, -0.2) is 0 Å². The summed E-state index contributed by atoms with van der Waals surface area (Å²) in [6, 6.07) is 18.8. The number of hydrogen-bond acceptors (Lipinski definition) is 3. The fourth-order valence-electron chi connectivity index (χ4n) is 3.66. The van der Waals surface area contributed by atoms with Crippen LogP contribution in [0.4, 0.5) is 0 Å². The number of furan rings is 1. The minimum atomic E-state index is 0.216. The van der Waals surface area contributed by atoms with Gasteiger partial charge in [-0.15, -0.1) is 0 Å². The summed E-state index contributed by atoms with van der Waals surface area (Å²) in [7, 11) is 0. The lowest BCUT2D eigenvalue weighted by molar-refractivity contribution is 0.474. The van der Waals surface area contributed by atoms with Crippen molar-refractivity contribution in [2.45, 2.75) is 26.7 Å². The third-order valence-electron chi connectivity index (χ3n) is 4.94. The summed E-state index contributed by atoms with van der Waals surface area (Å²) >= 11 is 0. The molecule has 4 rings (SSSR count). The maximum Gasteiger partial charge on any atom is 0.143 e. The van der Waals surface area contributed by atoms with E-state index in [1.165, 1.54) is 5.56 Å². The van der Waals surface area contributed by atoms with Crippen molar-refractivity contribution in [3.8, 4) is 33.9 Å². The van der Waals surface area contributed by atoms with Crippen LogP contribution in [0.2, 0.25) is 0 Å². The molecular weight excluding hydrogens is 336 g/mol. The van der Waals surface area contributed by atoms with Crippen LogP contribution in [-0.4, -0.2) is 10.2 Å². The predicted molar refractivity (Wildman–Crippen MR) is 109 cm³/mol. The van der Waals surface area contributed by atoms with Gasteiger partial charge in [-0.05, 0) is 65.9 Å². The van der Waals surface area contributed by atoms with E-state index < -0.39 is 0 Å². The molecule has 136 valence electrons. The van der Waals surface area contributed by atoms with Crippen LogP contribution in [0.5, 0.6) is 11.5 Å². The van der Waals surface area contributed by atoms with Crippen molar-refractivity contribution in [3.63, 3.8) is 0 Å².